The molecule has 2 aromatic rings. The molecule has 0 heterocycles. The molecule has 92 valence electrons. The van der Waals surface area contributed by atoms with Crippen molar-refractivity contribution in [1.82, 2.24) is 0 Å². The standard InChI is InChI=1S/C16H17NO/c1-11-9-13(17)5-8-16(11)12-3-2-4-15(10-12)18-14-6-7-14/h2-5,8-10,14H,6-7,17H2,1H3. The van der Waals surface area contributed by atoms with Crippen LogP contribution < -0.4 is 10.5 Å². The molecule has 3 rings (SSSR count). The number of nitrogens with two attached hydrogens (primary N) is 1. The van der Waals surface area contributed by atoms with E-state index < -0.39 is 0 Å². The Morgan fingerprint density at radius 2 is 1.94 bits per heavy atom. The molecule has 0 unspecified atom stereocenters. The molecule has 0 radical (unpaired) electrons. The maximum Gasteiger partial charge on any atom is 0.120 e. The van der Waals surface area contributed by atoms with Crippen molar-refractivity contribution in [2.75, 3.05) is 5.73 Å². The minimum Gasteiger partial charge on any atom is -0.490 e. The summed E-state index contributed by atoms with van der Waals surface area (Å²) in [5.74, 6) is 0.964. The third-order valence-corrected chi connectivity index (χ3v) is 3.22. The highest BCUT2D eigenvalue weighted by molar-refractivity contribution is 5.70. The van der Waals surface area contributed by atoms with Crippen LogP contribution in [0.5, 0.6) is 5.75 Å². The lowest BCUT2D eigenvalue weighted by Crippen LogP contribution is -1.96. The van der Waals surface area contributed by atoms with Gasteiger partial charge in [0.05, 0.1) is 6.10 Å². The van der Waals surface area contributed by atoms with Crippen molar-refractivity contribution in [2.45, 2.75) is 25.9 Å². The third kappa shape index (κ3) is 2.33. The smallest absolute Gasteiger partial charge is 0.120 e. The SMILES string of the molecule is Cc1cc(N)ccc1-c1cccc(OC2CC2)c1. The Balaban J connectivity index is 1.94. The van der Waals surface area contributed by atoms with E-state index in [1.165, 1.54) is 29.5 Å². The van der Waals surface area contributed by atoms with Crippen molar-refractivity contribution in [3.8, 4) is 16.9 Å². The number of hydrogen-bond acceptors (Lipinski definition) is 2. The zero-order chi connectivity index (χ0) is 12.5. The molecule has 0 aliphatic heterocycles. The van der Waals surface area contributed by atoms with Crippen LogP contribution in [-0.2, 0) is 0 Å². The summed E-state index contributed by atoms with van der Waals surface area (Å²) in [7, 11) is 0. The zero-order valence-corrected chi connectivity index (χ0v) is 10.5. The normalized spacial score (nSPS) is 14.5. The molecule has 2 heteroatoms. The molecule has 0 atom stereocenters. The molecule has 18 heavy (non-hydrogen) atoms. The minimum absolute atomic E-state index is 0.438. The summed E-state index contributed by atoms with van der Waals surface area (Å²) in [5, 5.41) is 0. The van der Waals surface area contributed by atoms with Gasteiger partial charge < -0.3 is 10.5 Å². The second-order valence-corrected chi connectivity index (χ2v) is 4.92. The van der Waals surface area contributed by atoms with Gasteiger partial charge in [0, 0.05) is 5.69 Å². The van der Waals surface area contributed by atoms with Crippen molar-refractivity contribution in [3.05, 3.63) is 48.0 Å². The molecule has 0 bridgehead atoms. The summed E-state index contributed by atoms with van der Waals surface area (Å²) in [6.45, 7) is 2.08. The predicted octanol–water partition coefficient (Wildman–Crippen LogP) is 3.79. The van der Waals surface area contributed by atoms with Crippen molar-refractivity contribution >= 4 is 5.69 Å². The Bertz CT molecular complexity index is 573. The fourth-order valence-electron chi connectivity index (χ4n) is 2.13. The first kappa shape index (κ1) is 11.1. The number of anilines is 1. The van der Waals surface area contributed by atoms with Crippen molar-refractivity contribution in [2.24, 2.45) is 0 Å². The van der Waals surface area contributed by atoms with Crippen LogP contribution >= 0.6 is 0 Å². The Labute approximate surface area is 107 Å². The number of hydrogen-bond donors (Lipinski definition) is 1. The monoisotopic (exact) mass is 239 g/mol. The van der Waals surface area contributed by atoms with Gasteiger partial charge in [0.1, 0.15) is 5.75 Å². The fraction of sp³-hybridized carbons (Fsp3) is 0.250. The van der Waals surface area contributed by atoms with Crippen molar-refractivity contribution in [1.29, 1.82) is 0 Å². The second kappa shape index (κ2) is 4.37. The predicted molar refractivity (Wildman–Crippen MR) is 74.7 cm³/mol. The minimum atomic E-state index is 0.438. The van der Waals surface area contributed by atoms with Gasteiger partial charge in [0.25, 0.3) is 0 Å². The molecule has 2 N–H and O–H groups in total. The van der Waals surface area contributed by atoms with E-state index in [1.807, 2.05) is 24.3 Å². The van der Waals surface area contributed by atoms with Crippen LogP contribution in [0.1, 0.15) is 18.4 Å². The molecule has 1 fully saturated rings. The fourth-order valence-corrected chi connectivity index (χ4v) is 2.13. The van der Waals surface area contributed by atoms with Gasteiger partial charge in [-0.2, -0.15) is 0 Å². The average molecular weight is 239 g/mol. The molecular formula is C16H17NO. The quantitative estimate of drug-likeness (QED) is 0.827. The summed E-state index contributed by atoms with van der Waals surface area (Å²) < 4.78 is 5.83. The van der Waals surface area contributed by atoms with Gasteiger partial charge >= 0.3 is 0 Å². The van der Waals surface area contributed by atoms with Gasteiger partial charge in [-0.05, 0) is 60.7 Å². The first-order valence-corrected chi connectivity index (χ1v) is 6.35. The molecule has 1 aliphatic rings. The van der Waals surface area contributed by atoms with E-state index in [4.69, 9.17) is 10.5 Å². The lowest BCUT2D eigenvalue weighted by molar-refractivity contribution is 0.303. The van der Waals surface area contributed by atoms with Gasteiger partial charge in [-0.25, -0.2) is 0 Å². The van der Waals surface area contributed by atoms with Crippen LogP contribution in [0.3, 0.4) is 0 Å². The van der Waals surface area contributed by atoms with Gasteiger partial charge in [-0.15, -0.1) is 0 Å². The second-order valence-electron chi connectivity index (χ2n) is 4.92. The summed E-state index contributed by atoms with van der Waals surface area (Å²) in [5.41, 5.74) is 10.2. The lowest BCUT2D eigenvalue weighted by Gasteiger charge is -2.10. The average Bonchev–Trinajstić information content (AvgIpc) is 3.13. The lowest BCUT2D eigenvalue weighted by atomic mass is 10.00. The maximum atomic E-state index is 5.83. The van der Waals surface area contributed by atoms with Crippen molar-refractivity contribution in [3.63, 3.8) is 0 Å². The van der Waals surface area contributed by atoms with E-state index in [0.717, 1.165) is 11.4 Å². The van der Waals surface area contributed by atoms with Crippen LogP contribution in [0.25, 0.3) is 11.1 Å². The first-order chi connectivity index (χ1) is 8.72. The summed E-state index contributed by atoms with van der Waals surface area (Å²) >= 11 is 0. The first-order valence-electron chi connectivity index (χ1n) is 6.35. The Kier molecular flexibility index (Phi) is 2.71. The third-order valence-electron chi connectivity index (χ3n) is 3.22. The topological polar surface area (TPSA) is 35.2 Å². The molecular weight excluding hydrogens is 222 g/mol. The van der Waals surface area contributed by atoms with Gasteiger partial charge in [0.2, 0.25) is 0 Å². The van der Waals surface area contributed by atoms with Crippen LogP contribution in [0, 0.1) is 6.92 Å². The highest BCUT2D eigenvalue weighted by Gasteiger charge is 2.23. The zero-order valence-electron chi connectivity index (χ0n) is 10.5. The molecule has 0 spiro atoms. The number of ether oxygens (including phenoxy) is 1. The van der Waals surface area contributed by atoms with Crippen LogP contribution in [0.4, 0.5) is 5.69 Å². The number of benzene rings is 2. The molecule has 0 aromatic heterocycles. The maximum absolute atomic E-state index is 5.83. The van der Waals surface area contributed by atoms with Crippen LogP contribution in [0.15, 0.2) is 42.5 Å². The highest BCUT2D eigenvalue weighted by atomic mass is 16.5. The number of aryl methyl sites for hydroxylation is 1. The molecule has 2 aromatic carbocycles. The largest absolute Gasteiger partial charge is 0.490 e. The van der Waals surface area contributed by atoms with E-state index in [0.29, 0.717) is 6.10 Å². The van der Waals surface area contributed by atoms with E-state index >= 15 is 0 Å². The Hall–Kier alpha value is -1.96. The van der Waals surface area contributed by atoms with E-state index in [2.05, 4.69) is 25.1 Å². The van der Waals surface area contributed by atoms with E-state index in [-0.39, 0.29) is 0 Å². The molecule has 1 aliphatic carbocycles. The van der Waals surface area contributed by atoms with Gasteiger partial charge in [0.15, 0.2) is 0 Å². The highest BCUT2D eigenvalue weighted by Crippen LogP contribution is 2.31. The Morgan fingerprint density at radius 3 is 2.67 bits per heavy atom. The van der Waals surface area contributed by atoms with Crippen molar-refractivity contribution < 1.29 is 4.74 Å². The molecule has 0 amide bonds. The molecule has 1 saturated carbocycles. The van der Waals surface area contributed by atoms with E-state index in [9.17, 15) is 0 Å². The van der Waals surface area contributed by atoms with Gasteiger partial charge in [-0.3, -0.25) is 0 Å². The number of rotatable bonds is 3. The van der Waals surface area contributed by atoms with Crippen LogP contribution in [-0.4, -0.2) is 6.10 Å². The van der Waals surface area contributed by atoms with Crippen LogP contribution in [0.2, 0.25) is 0 Å². The summed E-state index contributed by atoms with van der Waals surface area (Å²) in [4.78, 5) is 0. The van der Waals surface area contributed by atoms with E-state index in [1.54, 1.807) is 0 Å². The van der Waals surface area contributed by atoms with Gasteiger partial charge in [-0.1, -0.05) is 18.2 Å². The Morgan fingerprint density at radius 1 is 1.11 bits per heavy atom. The molecule has 0 saturated heterocycles. The summed E-state index contributed by atoms with van der Waals surface area (Å²) in [6, 6.07) is 14.3. The summed E-state index contributed by atoms with van der Waals surface area (Å²) in [6.07, 6.45) is 2.81. The number of nitrogen functional groups attached to an aromatic ring is 1. The molecule has 2 nitrogen and oxygen atoms in total.